The summed E-state index contributed by atoms with van der Waals surface area (Å²) in [5.74, 6) is 0.797. The van der Waals surface area contributed by atoms with E-state index in [2.05, 4.69) is 31.4 Å². The molecule has 0 saturated carbocycles. The summed E-state index contributed by atoms with van der Waals surface area (Å²) < 4.78 is 4.91. The molecule has 0 aliphatic heterocycles. The molecule has 2 rings (SSSR count). The zero-order chi connectivity index (χ0) is 13.0. The molecule has 1 heterocycles. The topological polar surface area (TPSA) is 68.0 Å². The van der Waals surface area contributed by atoms with E-state index in [0.29, 0.717) is 17.3 Å². The maximum absolute atomic E-state index is 11.8. The van der Waals surface area contributed by atoms with Crippen LogP contribution in [0.15, 0.2) is 28.8 Å². The molecule has 0 saturated heterocycles. The maximum Gasteiger partial charge on any atom is 0.251 e. The van der Waals surface area contributed by atoms with Gasteiger partial charge in [-0.25, -0.2) is 0 Å². The van der Waals surface area contributed by atoms with Crippen molar-refractivity contribution >= 4 is 21.8 Å². The van der Waals surface area contributed by atoms with Crippen LogP contribution < -0.4 is 5.32 Å². The SMILES string of the molecule is Cc1noc(CNC(=O)c2ccc(CBr)cc2)n1. The minimum Gasteiger partial charge on any atom is -0.343 e. The number of hydrogen-bond donors (Lipinski definition) is 1. The second-order valence-electron chi connectivity index (χ2n) is 3.75. The van der Waals surface area contributed by atoms with Crippen molar-refractivity contribution in [2.24, 2.45) is 0 Å². The molecule has 0 fully saturated rings. The Balaban J connectivity index is 1.94. The third-order valence-corrected chi connectivity index (χ3v) is 2.99. The number of rotatable bonds is 4. The Hall–Kier alpha value is -1.69. The first-order valence-corrected chi connectivity index (χ1v) is 6.53. The van der Waals surface area contributed by atoms with Gasteiger partial charge in [0, 0.05) is 10.9 Å². The van der Waals surface area contributed by atoms with Gasteiger partial charge < -0.3 is 9.84 Å². The van der Waals surface area contributed by atoms with Crippen LogP contribution in [-0.4, -0.2) is 16.0 Å². The third kappa shape index (κ3) is 3.16. The number of aryl methyl sites for hydroxylation is 1. The highest BCUT2D eigenvalue weighted by Gasteiger charge is 2.07. The summed E-state index contributed by atoms with van der Waals surface area (Å²) >= 11 is 3.35. The van der Waals surface area contributed by atoms with Gasteiger partial charge in [-0.15, -0.1) is 0 Å². The van der Waals surface area contributed by atoms with E-state index in [0.717, 1.165) is 10.9 Å². The average Bonchev–Trinajstić information content (AvgIpc) is 2.82. The number of amides is 1. The van der Waals surface area contributed by atoms with Gasteiger partial charge in [-0.3, -0.25) is 4.79 Å². The molecule has 2 aromatic rings. The van der Waals surface area contributed by atoms with Gasteiger partial charge in [0.15, 0.2) is 5.82 Å². The zero-order valence-electron chi connectivity index (χ0n) is 9.81. The smallest absolute Gasteiger partial charge is 0.251 e. The van der Waals surface area contributed by atoms with Gasteiger partial charge in [0.2, 0.25) is 5.89 Å². The van der Waals surface area contributed by atoms with Crippen molar-refractivity contribution in [3.05, 3.63) is 47.1 Å². The molecule has 1 amide bonds. The van der Waals surface area contributed by atoms with Crippen molar-refractivity contribution in [1.29, 1.82) is 0 Å². The summed E-state index contributed by atoms with van der Waals surface area (Å²) in [6, 6.07) is 7.37. The lowest BCUT2D eigenvalue weighted by Gasteiger charge is -2.03. The van der Waals surface area contributed by atoms with E-state index in [1.54, 1.807) is 19.1 Å². The molecule has 94 valence electrons. The summed E-state index contributed by atoms with van der Waals surface area (Å²) in [5.41, 5.74) is 1.73. The molecule has 1 aromatic carbocycles. The second kappa shape index (κ2) is 5.77. The Morgan fingerprint density at radius 1 is 1.39 bits per heavy atom. The van der Waals surface area contributed by atoms with Gasteiger partial charge in [-0.05, 0) is 24.6 Å². The molecule has 0 atom stereocenters. The van der Waals surface area contributed by atoms with Crippen LogP contribution in [0, 0.1) is 6.92 Å². The van der Waals surface area contributed by atoms with Crippen LogP contribution in [0.2, 0.25) is 0 Å². The molecule has 0 aliphatic rings. The summed E-state index contributed by atoms with van der Waals surface area (Å²) in [4.78, 5) is 15.8. The molecular weight excluding hydrogens is 298 g/mol. The minimum atomic E-state index is -0.160. The van der Waals surface area contributed by atoms with Crippen LogP contribution in [0.5, 0.6) is 0 Å². The zero-order valence-corrected chi connectivity index (χ0v) is 11.4. The number of hydrogen-bond acceptors (Lipinski definition) is 4. The molecule has 0 unspecified atom stereocenters. The molecule has 0 radical (unpaired) electrons. The Morgan fingerprint density at radius 2 is 2.11 bits per heavy atom. The standard InChI is InChI=1S/C12H12BrN3O2/c1-8-15-11(18-16-8)7-14-12(17)10-4-2-9(6-13)3-5-10/h2-5H,6-7H2,1H3,(H,14,17). The van der Waals surface area contributed by atoms with E-state index < -0.39 is 0 Å². The number of aromatic nitrogens is 2. The number of halogens is 1. The molecular formula is C12H12BrN3O2. The molecule has 1 N–H and O–H groups in total. The fraction of sp³-hybridized carbons (Fsp3) is 0.250. The number of carbonyl (C=O) groups excluding carboxylic acids is 1. The van der Waals surface area contributed by atoms with E-state index in [-0.39, 0.29) is 12.5 Å². The normalized spacial score (nSPS) is 10.3. The summed E-state index contributed by atoms with van der Waals surface area (Å²) in [6.07, 6.45) is 0. The molecule has 0 bridgehead atoms. The molecule has 6 heteroatoms. The van der Waals surface area contributed by atoms with E-state index in [1.165, 1.54) is 0 Å². The van der Waals surface area contributed by atoms with Crippen LogP contribution >= 0.6 is 15.9 Å². The van der Waals surface area contributed by atoms with Crippen molar-refractivity contribution in [2.75, 3.05) is 0 Å². The minimum absolute atomic E-state index is 0.160. The number of nitrogens with one attached hydrogen (secondary N) is 1. The molecule has 1 aromatic heterocycles. The summed E-state index contributed by atoms with van der Waals surface area (Å²) in [5, 5.41) is 7.14. The maximum atomic E-state index is 11.8. The van der Waals surface area contributed by atoms with Gasteiger partial charge in [0.1, 0.15) is 0 Å². The number of alkyl halides is 1. The van der Waals surface area contributed by atoms with E-state index in [1.807, 2.05) is 12.1 Å². The lowest BCUT2D eigenvalue weighted by Crippen LogP contribution is -2.22. The first-order chi connectivity index (χ1) is 8.69. The predicted octanol–water partition coefficient (Wildman–Crippen LogP) is 2.20. The highest BCUT2D eigenvalue weighted by molar-refractivity contribution is 9.08. The highest BCUT2D eigenvalue weighted by atomic mass is 79.9. The van der Waals surface area contributed by atoms with Gasteiger partial charge in [-0.2, -0.15) is 4.98 Å². The van der Waals surface area contributed by atoms with Crippen molar-refractivity contribution < 1.29 is 9.32 Å². The second-order valence-corrected chi connectivity index (χ2v) is 4.31. The molecule has 18 heavy (non-hydrogen) atoms. The van der Waals surface area contributed by atoms with Crippen LogP contribution in [0.3, 0.4) is 0 Å². The lowest BCUT2D eigenvalue weighted by molar-refractivity contribution is 0.0946. The van der Waals surface area contributed by atoms with Crippen molar-refractivity contribution in [2.45, 2.75) is 18.8 Å². The lowest BCUT2D eigenvalue weighted by atomic mass is 10.1. The summed E-state index contributed by atoms with van der Waals surface area (Å²) in [7, 11) is 0. The number of carbonyl (C=O) groups is 1. The number of nitrogens with zero attached hydrogens (tertiary/aromatic N) is 2. The molecule has 5 nitrogen and oxygen atoms in total. The Kier molecular flexibility index (Phi) is 4.09. The quantitative estimate of drug-likeness (QED) is 0.879. The predicted molar refractivity (Wildman–Crippen MR) is 69.3 cm³/mol. The van der Waals surface area contributed by atoms with E-state index in [9.17, 15) is 4.79 Å². The fourth-order valence-electron chi connectivity index (χ4n) is 1.42. The van der Waals surface area contributed by atoms with Crippen LogP contribution in [0.25, 0.3) is 0 Å². The van der Waals surface area contributed by atoms with Gasteiger partial charge in [-0.1, -0.05) is 33.2 Å². The Morgan fingerprint density at radius 3 is 2.67 bits per heavy atom. The average molecular weight is 310 g/mol. The van der Waals surface area contributed by atoms with E-state index in [4.69, 9.17) is 4.52 Å². The van der Waals surface area contributed by atoms with Crippen molar-refractivity contribution in [3.63, 3.8) is 0 Å². The van der Waals surface area contributed by atoms with Crippen LogP contribution in [0.1, 0.15) is 27.6 Å². The number of benzene rings is 1. The van der Waals surface area contributed by atoms with Gasteiger partial charge >= 0.3 is 0 Å². The van der Waals surface area contributed by atoms with Gasteiger partial charge in [0.25, 0.3) is 5.91 Å². The molecule has 0 aliphatic carbocycles. The van der Waals surface area contributed by atoms with Gasteiger partial charge in [0.05, 0.1) is 6.54 Å². The van der Waals surface area contributed by atoms with Crippen LogP contribution in [0.4, 0.5) is 0 Å². The summed E-state index contributed by atoms with van der Waals surface area (Å²) in [6.45, 7) is 1.97. The first kappa shape index (κ1) is 12.8. The third-order valence-electron chi connectivity index (χ3n) is 2.34. The van der Waals surface area contributed by atoms with Crippen LogP contribution in [-0.2, 0) is 11.9 Å². The first-order valence-electron chi connectivity index (χ1n) is 5.41. The van der Waals surface area contributed by atoms with Crippen molar-refractivity contribution in [3.8, 4) is 0 Å². The fourth-order valence-corrected chi connectivity index (χ4v) is 1.79. The Labute approximate surface area is 113 Å². The Bertz CT molecular complexity index is 537. The van der Waals surface area contributed by atoms with E-state index >= 15 is 0 Å². The van der Waals surface area contributed by atoms with Crippen molar-refractivity contribution in [1.82, 2.24) is 15.5 Å². The monoisotopic (exact) mass is 309 g/mol. The largest absolute Gasteiger partial charge is 0.343 e. The molecule has 0 spiro atoms. The highest BCUT2D eigenvalue weighted by Crippen LogP contribution is 2.08.